The lowest BCUT2D eigenvalue weighted by Crippen LogP contribution is -2.06. The summed E-state index contributed by atoms with van der Waals surface area (Å²) < 4.78 is 36.3. The van der Waals surface area contributed by atoms with Gasteiger partial charge in [-0.25, -0.2) is 8.78 Å². The van der Waals surface area contributed by atoms with Crippen LogP contribution in [0.1, 0.15) is 38.9 Å². The van der Waals surface area contributed by atoms with Gasteiger partial charge in [0.2, 0.25) is 0 Å². The fourth-order valence-corrected chi connectivity index (χ4v) is 10.0. The van der Waals surface area contributed by atoms with Crippen LogP contribution in [0.4, 0.5) is 8.78 Å². The molecule has 10 rings (SSSR count). The number of benzene rings is 8. The van der Waals surface area contributed by atoms with Crippen molar-refractivity contribution in [2.24, 2.45) is 0 Å². The van der Waals surface area contributed by atoms with Crippen molar-refractivity contribution >= 4 is 43.6 Å². The van der Waals surface area contributed by atoms with Crippen LogP contribution in [0, 0.1) is 64.5 Å². The molecule has 0 aliphatic rings. The maximum Gasteiger partial charge on any atom is 0.133 e. The van der Waals surface area contributed by atoms with Gasteiger partial charge in [0.25, 0.3) is 0 Å². The molecule has 0 N–H and O–H groups in total. The minimum atomic E-state index is -0.679. The Bertz CT molecular complexity index is 3220. The third-order valence-corrected chi connectivity index (χ3v) is 12.2. The van der Waals surface area contributed by atoms with Gasteiger partial charge in [-0.2, -0.15) is 5.26 Å². The zero-order valence-corrected chi connectivity index (χ0v) is 34.4. The Hall–Kier alpha value is -7.29. The summed E-state index contributed by atoms with van der Waals surface area (Å²) in [5.41, 5.74) is 16.7. The summed E-state index contributed by atoms with van der Waals surface area (Å²) in [4.78, 5) is 0. The van der Waals surface area contributed by atoms with Gasteiger partial charge in [-0.3, -0.25) is 0 Å². The molecule has 0 aliphatic heterocycles. The normalized spacial score (nSPS) is 11.7. The number of aromatic nitrogens is 2. The molecule has 2 aromatic heterocycles. The van der Waals surface area contributed by atoms with Crippen molar-refractivity contribution in [1.82, 2.24) is 9.13 Å². The van der Waals surface area contributed by atoms with Crippen LogP contribution >= 0.6 is 0 Å². The number of halogens is 2. The van der Waals surface area contributed by atoms with Gasteiger partial charge in [-0.15, -0.1) is 0 Å². The van der Waals surface area contributed by atoms with Crippen LogP contribution in [0.15, 0.2) is 140 Å². The molecule has 0 spiro atoms. The number of hydrogen-bond donors (Lipinski definition) is 0. The molecule has 0 aliphatic carbocycles. The minimum Gasteiger partial charge on any atom is -0.308 e. The Balaban J connectivity index is 1.36. The number of hydrogen-bond acceptors (Lipinski definition) is 1. The molecule has 0 atom stereocenters. The summed E-state index contributed by atoms with van der Waals surface area (Å²) in [5.74, 6) is -1.36. The molecule has 3 nitrogen and oxygen atoms in total. The highest BCUT2D eigenvalue weighted by Gasteiger charge is 2.25. The monoisotopic (exact) mass is 781 g/mol. The number of para-hydroxylation sites is 2. The van der Waals surface area contributed by atoms with Crippen molar-refractivity contribution in [3.63, 3.8) is 0 Å². The fourth-order valence-electron chi connectivity index (χ4n) is 10.0. The molecule has 2 heterocycles. The van der Waals surface area contributed by atoms with Crippen molar-refractivity contribution in [3.8, 4) is 50.8 Å². The van der Waals surface area contributed by atoms with Crippen LogP contribution in [0.2, 0.25) is 0 Å². The fraction of sp³-hybridized carbons (Fsp3) is 0.109. The second kappa shape index (κ2) is 13.9. The van der Waals surface area contributed by atoms with E-state index in [4.69, 9.17) is 0 Å². The van der Waals surface area contributed by atoms with E-state index in [1.807, 2.05) is 36.4 Å². The SMILES string of the molecule is Cc1cc(C)c(-c2ccc3c4ccccc4n(-c4cc(-c5c(F)cccc5F)cc(-n5c6ccccc6c6ccc(-c7c(C)cc(C)cc7C)cc65)c4C#N)c3c2)c(C)c1. The first-order valence-electron chi connectivity index (χ1n) is 20.3. The summed E-state index contributed by atoms with van der Waals surface area (Å²) in [5, 5.41) is 15.5. The van der Waals surface area contributed by atoms with Gasteiger partial charge in [-0.1, -0.05) is 102 Å². The lowest BCUT2D eigenvalue weighted by atomic mass is 9.93. The van der Waals surface area contributed by atoms with Gasteiger partial charge in [0.05, 0.1) is 39.0 Å². The Labute approximate surface area is 348 Å². The smallest absolute Gasteiger partial charge is 0.133 e. The lowest BCUT2D eigenvalue weighted by Gasteiger charge is -2.19. The number of rotatable bonds is 5. The number of aryl methyl sites for hydroxylation is 6. The van der Waals surface area contributed by atoms with Crippen LogP contribution in [0.25, 0.3) is 88.4 Å². The van der Waals surface area contributed by atoms with Crippen molar-refractivity contribution in [3.05, 3.63) is 190 Å². The average molecular weight is 782 g/mol. The minimum absolute atomic E-state index is 0.149. The predicted octanol–water partition coefficient (Wildman–Crippen LogP) is 14.9. The lowest BCUT2D eigenvalue weighted by molar-refractivity contribution is 0.589. The van der Waals surface area contributed by atoms with Gasteiger partial charge < -0.3 is 9.13 Å². The topological polar surface area (TPSA) is 33.6 Å². The molecular weight excluding hydrogens is 741 g/mol. The van der Waals surface area contributed by atoms with Gasteiger partial charge in [0, 0.05) is 21.5 Å². The van der Waals surface area contributed by atoms with Gasteiger partial charge in [0.1, 0.15) is 23.3 Å². The zero-order valence-electron chi connectivity index (χ0n) is 34.4. The molecule has 0 saturated carbocycles. The van der Waals surface area contributed by atoms with E-state index in [2.05, 4.69) is 130 Å². The third-order valence-electron chi connectivity index (χ3n) is 12.2. The molecule has 0 fully saturated rings. The molecular formula is C55H41F2N3. The first kappa shape index (κ1) is 37.0. The molecule has 10 aromatic rings. The van der Waals surface area contributed by atoms with Crippen LogP contribution in [-0.4, -0.2) is 9.13 Å². The van der Waals surface area contributed by atoms with Crippen LogP contribution in [0.3, 0.4) is 0 Å². The summed E-state index contributed by atoms with van der Waals surface area (Å²) >= 11 is 0. The van der Waals surface area contributed by atoms with Crippen LogP contribution in [0.5, 0.6) is 0 Å². The van der Waals surface area contributed by atoms with E-state index in [0.717, 1.165) is 65.9 Å². The molecule has 8 aromatic carbocycles. The Morgan fingerprint density at radius 1 is 0.400 bits per heavy atom. The average Bonchev–Trinajstić information content (AvgIpc) is 3.72. The van der Waals surface area contributed by atoms with Crippen molar-refractivity contribution < 1.29 is 8.78 Å². The van der Waals surface area contributed by atoms with E-state index in [-0.39, 0.29) is 5.56 Å². The second-order valence-corrected chi connectivity index (χ2v) is 16.3. The van der Waals surface area contributed by atoms with Crippen LogP contribution < -0.4 is 0 Å². The van der Waals surface area contributed by atoms with Gasteiger partial charge >= 0.3 is 0 Å². The predicted molar refractivity (Wildman–Crippen MR) is 244 cm³/mol. The molecule has 5 heteroatoms. The van der Waals surface area contributed by atoms with Crippen molar-refractivity contribution in [2.75, 3.05) is 0 Å². The highest BCUT2D eigenvalue weighted by Crippen LogP contribution is 2.43. The number of nitrogens with zero attached hydrogens (tertiary/aromatic N) is 3. The first-order valence-corrected chi connectivity index (χ1v) is 20.3. The number of fused-ring (bicyclic) bond motifs is 6. The van der Waals surface area contributed by atoms with E-state index in [1.54, 1.807) is 12.1 Å². The van der Waals surface area contributed by atoms with Crippen molar-refractivity contribution in [2.45, 2.75) is 41.5 Å². The van der Waals surface area contributed by atoms with E-state index in [9.17, 15) is 5.26 Å². The van der Waals surface area contributed by atoms with Crippen molar-refractivity contribution in [1.29, 1.82) is 5.26 Å². The molecule has 290 valence electrons. The Morgan fingerprint density at radius 3 is 1.22 bits per heavy atom. The molecule has 0 saturated heterocycles. The quantitative estimate of drug-likeness (QED) is 0.171. The van der Waals surface area contributed by atoms with E-state index in [1.165, 1.54) is 51.6 Å². The summed E-state index contributed by atoms with van der Waals surface area (Å²) in [7, 11) is 0. The Kier molecular flexibility index (Phi) is 8.59. The van der Waals surface area contributed by atoms with E-state index >= 15 is 8.78 Å². The van der Waals surface area contributed by atoms with E-state index < -0.39 is 11.6 Å². The summed E-state index contributed by atoms with van der Waals surface area (Å²) in [6.07, 6.45) is 0. The summed E-state index contributed by atoms with van der Waals surface area (Å²) in [6.45, 7) is 12.8. The molecule has 60 heavy (non-hydrogen) atoms. The van der Waals surface area contributed by atoms with Gasteiger partial charge in [-0.05, 0) is 140 Å². The number of nitriles is 1. The van der Waals surface area contributed by atoms with E-state index in [0.29, 0.717) is 22.5 Å². The molecule has 0 amide bonds. The Morgan fingerprint density at radius 2 is 0.800 bits per heavy atom. The molecule has 0 unspecified atom stereocenters. The maximum absolute atomic E-state index is 16.0. The standard InChI is InChI=1S/C55H41F2N3/c1-31-22-33(3)53(34(4)23-31)37-18-20-42-40-12-7-9-16-47(40)59(49(42)26-37)51-28-39(55-45(56)14-11-15-46(55)57)29-52(44(51)30-58)60-48-17-10-8-13-41(48)43-21-19-38(27-50(43)60)54-35(5)24-32(2)25-36(54)6/h7-29H,1-6H3. The zero-order chi connectivity index (χ0) is 41.6. The van der Waals surface area contributed by atoms with Crippen LogP contribution in [-0.2, 0) is 0 Å². The highest BCUT2D eigenvalue weighted by atomic mass is 19.1. The second-order valence-electron chi connectivity index (χ2n) is 16.3. The highest BCUT2D eigenvalue weighted by molar-refractivity contribution is 6.12. The molecule has 0 radical (unpaired) electrons. The molecule has 0 bridgehead atoms. The first-order chi connectivity index (χ1) is 29.0. The third kappa shape index (κ3) is 5.67. The maximum atomic E-state index is 16.0. The largest absolute Gasteiger partial charge is 0.308 e. The summed E-state index contributed by atoms with van der Waals surface area (Å²) in [6, 6.07) is 48.2. The van der Waals surface area contributed by atoms with Gasteiger partial charge in [0.15, 0.2) is 0 Å².